The summed E-state index contributed by atoms with van der Waals surface area (Å²) < 4.78 is 0. The van der Waals surface area contributed by atoms with E-state index in [1.54, 1.807) is 36.4 Å². The van der Waals surface area contributed by atoms with Crippen molar-refractivity contribution in [2.24, 2.45) is 0 Å². The molecule has 4 N–H and O–H groups in total. The van der Waals surface area contributed by atoms with Crippen LogP contribution in [0, 0.1) is 0 Å². The fraction of sp³-hybridized carbons (Fsp3) is 0.0625. The summed E-state index contributed by atoms with van der Waals surface area (Å²) in [5.74, 6) is -1.22. The number of aromatic nitrogens is 2. The summed E-state index contributed by atoms with van der Waals surface area (Å²) in [6.45, 7) is 0. The predicted octanol–water partition coefficient (Wildman–Crippen LogP) is 2.29. The van der Waals surface area contributed by atoms with Gasteiger partial charge in [-0.15, -0.1) is 11.8 Å². The molecule has 3 aromatic rings. The Bertz CT molecular complexity index is 977. The molecule has 0 aliphatic carbocycles. The number of imidazole rings is 1. The van der Waals surface area contributed by atoms with E-state index in [0.717, 1.165) is 11.8 Å². The molecule has 3 rings (SSSR count). The summed E-state index contributed by atoms with van der Waals surface area (Å²) in [4.78, 5) is 40.2. The van der Waals surface area contributed by atoms with Gasteiger partial charge in [0.1, 0.15) is 0 Å². The van der Waals surface area contributed by atoms with E-state index in [1.165, 1.54) is 6.07 Å². The third-order valence-electron chi connectivity index (χ3n) is 3.28. The smallest absolute Gasteiger partial charge is 0.336 e. The van der Waals surface area contributed by atoms with Gasteiger partial charge in [-0.3, -0.25) is 4.79 Å². The average molecular weight is 343 g/mol. The third-order valence-corrected chi connectivity index (χ3v) is 4.35. The Hall–Kier alpha value is -3.00. The molecule has 0 radical (unpaired) electrons. The quantitative estimate of drug-likeness (QED) is 0.531. The standard InChI is InChI=1S/C16H13N3O4S/c20-14(8-24-13-4-2-1-3-10(13)15(21)22)17-9-5-6-11-12(7-9)19-16(23)18-11/h1-7H,8H2,(H,17,20)(H,21,22)(H2,18,19,23). The third kappa shape index (κ3) is 3.49. The number of aromatic amines is 2. The van der Waals surface area contributed by atoms with E-state index in [-0.39, 0.29) is 22.9 Å². The summed E-state index contributed by atoms with van der Waals surface area (Å²) >= 11 is 1.15. The number of nitrogens with one attached hydrogen (secondary N) is 3. The van der Waals surface area contributed by atoms with Crippen LogP contribution in [0.25, 0.3) is 11.0 Å². The SMILES string of the molecule is O=C(CSc1ccccc1C(=O)O)Nc1ccc2[nH]c(=O)[nH]c2c1. The Labute approximate surface area is 140 Å². The van der Waals surface area contributed by atoms with Crippen LogP contribution in [0.5, 0.6) is 0 Å². The number of anilines is 1. The van der Waals surface area contributed by atoms with Crippen molar-refractivity contribution < 1.29 is 14.7 Å². The van der Waals surface area contributed by atoms with Crippen LogP contribution in [0.1, 0.15) is 10.4 Å². The molecule has 0 bridgehead atoms. The monoisotopic (exact) mass is 343 g/mol. The Kier molecular flexibility index (Phi) is 4.39. The van der Waals surface area contributed by atoms with Crippen molar-refractivity contribution in [2.75, 3.05) is 11.1 Å². The van der Waals surface area contributed by atoms with Gasteiger partial charge in [0.25, 0.3) is 0 Å². The number of benzene rings is 2. The van der Waals surface area contributed by atoms with Gasteiger partial charge in [0.15, 0.2) is 0 Å². The normalized spacial score (nSPS) is 10.7. The number of H-pyrrole nitrogens is 2. The number of amides is 1. The predicted molar refractivity (Wildman–Crippen MR) is 91.7 cm³/mol. The highest BCUT2D eigenvalue weighted by molar-refractivity contribution is 8.00. The van der Waals surface area contributed by atoms with Gasteiger partial charge in [-0.2, -0.15) is 0 Å². The van der Waals surface area contributed by atoms with E-state index in [9.17, 15) is 14.4 Å². The fourth-order valence-electron chi connectivity index (χ4n) is 2.22. The molecule has 0 fully saturated rings. The van der Waals surface area contributed by atoms with Crippen molar-refractivity contribution >= 4 is 40.4 Å². The number of hydrogen-bond donors (Lipinski definition) is 4. The van der Waals surface area contributed by atoms with Crippen molar-refractivity contribution in [1.29, 1.82) is 0 Å². The van der Waals surface area contributed by atoms with Gasteiger partial charge in [-0.05, 0) is 30.3 Å². The minimum Gasteiger partial charge on any atom is -0.478 e. The van der Waals surface area contributed by atoms with Crippen molar-refractivity contribution in [1.82, 2.24) is 9.97 Å². The van der Waals surface area contributed by atoms with Gasteiger partial charge >= 0.3 is 11.7 Å². The summed E-state index contributed by atoms with van der Waals surface area (Å²) in [5.41, 5.74) is 1.66. The molecule has 1 heterocycles. The van der Waals surface area contributed by atoms with Gasteiger partial charge in [-0.25, -0.2) is 9.59 Å². The molecule has 0 aliphatic heterocycles. The van der Waals surface area contributed by atoms with Crippen molar-refractivity contribution in [3.05, 3.63) is 58.5 Å². The Balaban J connectivity index is 1.67. The average Bonchev–Trinajstić information content (AvgIpc) is 2.92. The van der Waals surface area contributed by atoms with Crippen LogP contribution in [0.4, 0.5) is 5.69 Å². The number of carbonyl (C=O) groups is 2. The second-order valence-electron chi connectivity index (χ2n) is 4.98. The number of rotatable bonds is 5. The zero-order valence-electron chi connectivity index (χ0n) is 12.3. The summed E-state index contributed by atoms with van der Waals surface area (Å²) in [7, 11) is 0. The van der Waals surface area contributed by atoms with Crippen LogP contribution in [-0.2, 0) is 4.79 Å². The highest BCUT2D eigenvalue weighted by atomic mass is 32.2. The highest BCUT2D eigenvalue weighted by Gasteiger charge is 2.11. The largest absolute Gasteiger partial charge is 0.478 e. The lowest BCUT2D eigenvalue weighted by molar-refractivity contribution is -0.113. The van der Waals surface area contributed by atoms with E-state index >= 15 is 0 Å². The molecule has 0 spiro atoms. The van der Waals surface area contributed by atoms with Gasteiger partial charge in [0, 0.05) is 10.6 Å². The molecule has 0 unspecified atom stereocenters. The molecule has 2 aromatic carbocycles. The first-order valence-electron chi connectivity index (χ1n) is 7.00. The number of thioether (sulfide) groups is 1. The van der Waals surface area contributed by atoms with Crippen LogP contribution >= 0.6 is 11.8 Å². The molecular weight excluding hydrogens is 330 g/mol. The molecule has 0 saturated carbocycles. The first kappa shape index (κ1) is 15.9. The number of carbonyl (C=O) groups excluding carboxylic acids is 1. The fourth-order valence-corrected chi connectivity index (χ4v) is 3.06. The van der Waals surface area contributed by atoms with Crippen LogP contribution in [0.3, 0.4) is 0 Å². The number of hydrogen-bond acceptors (Lipinski definition) is 4. The highest BCUT2D eigenvalue weighted by Crippen LogP contribution is 2.23. The van der Waals surface area contributed by atoms with Crippen LogP contribution < -0.4 is 11.0 Å². The minimum atomic E-state index is -1.03. The molecule has 0 aliphatic rings. The molecule has 1 amide bonds. The van der Waals surface area contributed by atoms with Gasteiger partial charge < -0.3 is 20.4 Å². The molecular formula is C16H13N3O4S. The molecule has 7 nitrogen and oxygen atoms in total. The maximum absolute atomic E-state index is 12.0. The number of carboxylic acids is 1. The minimum absolute atomic E-state index is 0.0754. The van der Waals surface area contributed by atoms with E-state index in [1.807, 2.05) is 0 Å². The van der Waals surface area contributed by atoms with E-state index in [4.69, 9.17) is 5.11 Å². The topological polar surface area (TPSA) is 115 Å². The van der Waals surface area contributed by atoms with Crippen molar-refractivity contribution in [3.8, 4) is 0 Å². The lowest BCUT2D eigenvalue weighted by atomic mass is 10.2. The molecule has 8 heteroatoms. The van der Waals surface area contributed by atoms with E-state index in [0.29, 0.717) is 21.6 Å². The summed E-state index contributed by atoms with van der Waals surface area (Å²) in [6, 6.07) is 11.6. The van der Waals surface area contributed by atoms with Crippen LogP contribution in [0.15, 0.2) is 52.2 Å². The Morgan fingerprint density at radius 3 is 2.62 bits per heavy atom. The van der Waals surface area contributed by atoms with Crippen molar-refractivity contribution in [3.63, 3.8) is 0 Å². The van der Waals surface area contributed by atoms with E-state index in [2.05, 4.69) is 15.3 Å². The zero-order valence-corrected chi connectivity index (χ0v) is 13.1. The summed E-state index contributed by atoms with van der Waals surface area (Å²) in [5, 5.41) is 11.8. The maximum Gasteiger partial charge on any atom is 0.336 e. The van der Waals surface area contributed by atoms with Crippen LogP contribution in [0.2, 0.25) is 0 Å². The Morgan fingerprint density at radius 1 is 1.08 bits per heavy atom. The lowest BCUT2D eigenvalue weighted by Gasteiger charge is -2.07. The number of carboxylic acid groups (broad SMARTS) is 1. The second kappa shape index (κ2) is 6.63. The summed E-state index contributed by atoms with van der Waals surface area (Å²) in [6.07, 6.45) is 0. The van der Waals surface area contributed by atoms with Crippen LogP contribution in [-0.4, -0.2) is 32.7 Å². The maximum atomic E-state index is 12.0. The number of aromatic carboxylic acids is 1. The van der Waals surface area contributed by atoms with Gasteiger partial charge in [0.2, 0.25) is 5.91 Å². The first-order valence-corrected chi connectivity index (χ1v) is 7.98. The molecule has 24 heavy (non-hydrogen) atoms. The lowest BCUT2D eigenvalue weighted by Crippen LogP contribution is -2.14. The first-order chi connectivity index (χ1) is 11.5. The van der Waals surface area contributed by atoms with E-state index < -0.39 is 5.97 Å². The molecule has 1 aromatic heterocycles. The number of fused-ring (bicyclic) bond motifs is 1. The zero-order chi connectivity index (χ0) is 17.1. The van der Waals surface area contributed by atoms with Gasteiger partial charge in [0.05, 0.1) is 22.3 Å². The molecule has 0 atom stereocenters. The molecule has 122 valence electrons. The Morgan fingerprint density at radius 2 is 1.83 bits per heavy atom. The van der Waals surface area contributed by atoms with Gasteiger partial charge in [-0.1, -0.05) is 12.1 Å². The second-order valence-corrected chi connectivity index (χ2v) is 5.99. The van der Waals surface area contributed by atoms with Crippen molar-refractivity contribution in [2.45, 2.75) is 4.90 Å². The molecule has 0 saturated heterocycles.